The van der Waals surface area contributed by atoms with Crippen LogP contribution >= 0.6 is 0 Å². The van der Waals surface area contributed by atoms with Crippen LogP contribution < -0.4 is 5.32 Å². The summed E-state index contributed by atoms with van der Waals surface area (Å²) in [5.74, 6) is -1.92. The largest absolute Gasteiger partial charge is 0.416 e. The molecule has 0 heterocycles. The fourth-order valence-electron chi connectivity index (χ4n) is 1.53. The zero-order valence-corrected chi connectivity index (χ0v) is 11.5. The van der Waals surface area contributed by atoms with Crippen LogP contribution in [-0.4, -0.2) is 20.2 Å². The average Bonchev–Trinajstić information content (AvgIpc) is 2.35. The summed E-state index contributed by atoms with van der Waals surface area (Å²) < 4.78 is 61.6. The number of carbonyl (C=O) groups excluding carboxylic acids is 1. The predicted octanol–water partition coefficient (Wildman–Crippen LogP) is 2.10. The molecule has 8 heteroatoms. The van der Waals surface area contributed by atoms with Crippen molar-refractivity contribution in [1.29, 1.82) is 0 Å². The van der Waals surface area contributed by atoms with Gasteiger partial charge in [-0.15, -0.1) is 0 Å². The molecule has 20 heavy (non-hydrogen) atoms. The lowest BCUT2D eigenvalue weighted by Gasteiger charge is -2.13. The van der Waals surface area contributed by atoms with E-state index in [1.54, 1.807) is 6.92 Å². The summed E-state index contributed by atoms with van der Waals surface area (Å²) in [6.07, 6.45) is -4.51. The highest BCUT2D eigenvalue weighted by Gasteiger charge is 2.33. The molecule has 0 aliphatic rings. The van der Waals surface area contributed by atoms with Gasteiger partial charge in [0.05, 0.1) is 11.3 Å². The zero-order valence-electron chi connectivity index (χ0n) is 10.7. The Morgan fingerprint density at radius 1 is 1.25 bits per heavy atom. The van der Waals surface area contributed by atoms with Crippen LogP contribution in [-0.2, 0) is 26.6 Å². The van der Waals surface area contributed by atoms with Gasteiger partial charge in [0.2, 0.25) is 5.91 Å². The van der Waals surface area contributed by atoms with E-state index in [0.717, 1.165) is 12.1 Å². The van der Waals surface area contributed by atoms with Gasteiger partial charge in [-0.2, -0.15) is 13.2 Å². The molecule has 0 aliphatic heterocycles. The minimum Gasteiger partial charge on any atom is -0.342 e. The molecular formula is C12H14F3NO3S. The Kier molecular flexibility index (Phi) is 5.15. The smallest absolute Gasteiger partial charge is 0.342 e. The van der Waals surface area contributed by atoms with Crippen LogP contribution in [0.1, 0.15) is 24.5 Å². The van der Waals surface area contributed by atoms with Crippen molar-refractivity contribution in [1.82, 2.24) is 5.32 Å². The molecule has 1 amide bonds. The molecule has 1 aromatic rings. The summed E-state index contributed by atoms with van der Waals surface area (Å²) in [6.45, 7) is 1.54. The maximum atomic E-state index is 12.7. The average molecular weight is 309 g/mol. The van der Waals surface area contributed by atoms with Crippen LogP contribution in [0.2, 0.25) is 0 Å². The first-order valence-electron chi connectivity index (χ1n) is 5.78. The topological polar surface area (TPSA) is 63.2 Å². The Morgan fingerprint density at radius 3 is 2.40 bits per heavy atom. The molecule has 112 valence electrons. The van der Waals surface area contributed by atoms with Crippen LogP contribution in [0, 0.1) is 0 Å². The molecule has 0 saturated carbocycles. The number of alkyl halides is 3. The SMILES string of the molecule is CCC(=O)NCS(=O)(=O)Cc1ccccc1C(F)(F)F. The third-order valence-corrected chi connectivity index (χ3v) is 3.84. The number of nitrogens with one attached hydrogen (secondary N) is 1. The lowest BCUT2D eigenvalue weighted by Crippen LogP contribution is -2.30. The highest BCUT2D eigenvalue weighted by Crippen LogP contribution is 2.32. The van der Waals surface area contributed by atoms with Crippen molar-refractivity contribution in [2.75, 3.05) is 5.88 Å². The Hall–Kier alpha value is -1.57. The first kappa shape index (κ1) is 16.5. The van der Waals surface area contributed by atoms with Crippen LogP contribution in [0.5, 0.6) is 0 Å². The molecule has 0 radical (unpaired) electrons. The van der Waals surface area contributed by atoms with Crippen LogP contribution in [0.4, 0.5) is 13.2 Å². The first-order valence-corrected chi connectivity index (χ1v) is 7.60. The molecule has 0 saturated heterocycles. The minimum atomic E-state index is -4.61. The van der Waals surface area contributed by atoms with E-state index in [4.69, 9.17) is 0 Å². The summed E-state index contributed by atoms with van der Waals surface area (Å²) in [6, 6.07) is 4.47. The van der Waals surface area contributed by atoms with Crippen molar-refractivity contribution in [3.05, 3.63) is 35.4 Å². The van der Waals surface area contributed by atoms with Gasteiger partial charge in [-0.25, -0.2) is 8.42 Å². The maximum Gasteiger partial charge on any atom is 0.416 e. The molecule has 0 fully saturated rings. The number of halogens is 3. The van der Waals surface area contributed by atoms with Gasteiger partial charge in [0, 0.05) is 6.42 Å². The lowest BCUT2D eigenvalue weighted by atomic mass is 10.1. The van der Waals surface area contributed by atoms with Crippen LogP contribution in [0.3, 0.4) is 0 Å². The molecule has 0 unspecified atom stereocenters. The standard InChI is InChI=1S/C12H14F3NO3S/c1-2-11(17)16-8-20(18,19)7-9-5-3-4-6-10(9)12(13,14)15/h3-6H,2,7-8H2,1H3,(H,16,17). The summed E-state index contributed by atoms with van der Waals surface area (Å²) in [4.78, 5) is 11.0. The second kappa shape index (κ2) is 6.25. The third kappa shape index (κ3) is 4.84. The molecule has 1 rings (SSSR count). The number of hydrogen-bond acceptors (Lipinski definition) is 3. The predicted molar refractivity (Wildman–Crippen MR) is 67.4 cm³/mol. The van der Waals surface area contributed by atoms with Gasteiger partial charge in [-0.3, -0.25) is 4.79 Å². The van der Waals surface area contributed by atoms with Crippen LogP contribution in [0.15, 0.2) is 24.3 Å². The zero-order chi connectivity index (χ0) is 15.4. The van der Waals surface area contributed by atoms with E-state index in [1.807, 2.05) is 0 Å². The highest BCUT2D eigenvalue weighted by molar-refractivity contribution is 7.90. The second-order valence-corrected chi connectivity index (χ2v) is 6.21. The van der Waals surface area contributed by atoms with E-state index in [9.17, 15) is 26.4 Å². The lowest BCUT2D eigenvalue weighted by molar-refractivity contribution is -0.138. The van der Waals surface area contributed by atoms with E-state index < -0.39 is 39.1 Å². The fraction of sp³-hybridized carbons (Fsp3) is 0.417. The van der Waals surface area contributed by atoms with E-state index in [1.165, 1.54) is 12.1 Å². The van der Waals surface area contributed by atoms with Gasteiger partial charge in [0.1, 0.15) is 5.88 Å². The van der Waals surface area contributed by atoms with Crippen molar-refractivity contribution >= 4 is 15.7 Å². The molecular weight excluding hydrogens is 295 g/mol. The number of amides is 1. The summed E-state index contributed by atoms with van der Waals surface area (Å²) in [5.41, 5.74) is -1.31. The number of carbonyl (C=O) groups is 1. The van der Waals surface area contributed by atoms with Crippen molar-refractivity contribution in [2.24, 2.45) is 0 Å². The van der Waals surface area contributed by atoms with Crippen molar-refractivity contribution in [3.63, 3.8) is 0 Å². The van der Waals surface area contributed by atoms with Gasteiger partial charge in [-0.1, -0.05) is 25.1 Å². The summed E-state index contributed by atoms with van der Waals surface area (Å²) >= 11 is 0. The Bertz CT molecular complexity index is 582. The Labute approximate surface area is 114 Å². The molecule has 0 spiro atoms. The van der Waals surface area contributed by atoms with Crippen molar-refractivity contribution < 1.29 is 26.4 Å². The van der Waals surface area contributed by atoms with E-state index in [2.05, 4.69) is 5.32 Å². The molecule has 1 N–H and O–H groups in total. The van der Waals surface area contributed by atoms with Gasteiger partial charge in [-0.05, 0) is 11.6 Å². The van der Waals surface area contributed by atoms with Crippen molar-refractivity contribution in [2.45, 2.75) is 25.3 Å². The van der Waals surface area contributed by atoms with Gasteiger partial charge < -0.3 is 5.32 Å². The number of benzene rings is 1. The maximum absolute atomic E-state index is 12.7. The third-order valence-electron chi connectivity index (χ3n) is 2.51. The summed E-state index contributed by atoms with van der Waals surface area (Å²) in [7, 11) is -3.85. The molecule has 0 aromatic heterocycles. The minimum absolute atomic E-state index is 0.106. The quantitative estimate of drug-likeness (QED) is 0.906. The van der Waals surface area contributed by atoms with Crippen LogP contribution in [0.25, 0.3) is 0 Å². The number of sulfone groups is 1. The Morgan fingerprint density at radius 2 is 1.85 bits per heavy atom. The molecule has 4 nitrogen and oxygen atoms in total. The number of hydrogen-bond donors (Lipinski definition) is 1. The van der Waals surface area contributed by atoms with Gasteiger partial charge >= 0.3 is 6.18 Å². The fourth-order valence-corrected chi connectivity index (χ4v) is 2.73. The highest BCUT2D eigenvalue weighted by atomic mass is 32.2. The number of rotatable bonds is 5. The normalized spacial score (nSPS) is 12.2. The van der Waals surface area contributed by atoms with Gasteiger partial charge in [0.15, 0.2) is 9.84 Å². The van der Waals surface area contributed by atoms with E-state index in [-0.39, 0.29) is 12.0 Å². The van der Waals surface area contributed by atoms with E-state index >= 15 is 0 Å². The van der Waals surface area contributed by atoms with Crippen molar-refractivity contribution in [3.8, 4) is 0 Å². The Balaban J connectivity index is 2.91. The molecule has 1 aromatic carbocycles. The summed E-state index contributed by atoms with van der Waals surface area (Å²) in [5, 5.41) is 2.14. The monoisotopic (exact) mass is 309 g/mol. The first-order chi connectivity index (χ1) is 9.15. The molecule has 0 aliphatic carbocycles. The van der Waals surface area contributed by atoms with E-state index in [0.29, 0.717) is 0 Å². The van der Waals surface area contributed by atoms with Gasteiger partial charge in [0.25, 0.3) is 0 Å². The molecule has 0 atom stereocenters. The second-order valence-electron chi connectivity index (χ2n) is 4.14. The molecule has 0 bridgehead atoms.